The van der Waals surface area contributed by atoms with Crippen LogP contribution in [-0.4, -0.2) is 76.8 Å². The Hall–Kier alpha value is -2.82. The van der Waals surface area contributed by atoms with Crippen molar-refractivity contribution in [1.82, 2.24) is 9.80 Å². The lowest BCUT2D eigenvalue weighted by molar-refractivity contribution is -0.253. The zero-order valence-corrected chi connectivity index (χ0v) is 23.7. The molecule has 0 radical (unpaired) electrons. The maximum atomic E-state index is 12.2. The summed E-state index contributed by atoms with van der Waals surface area (Å²) in [5.74, 6) is -1.10. The Morgan fingerprint density at radius 2 is 1.61 bits per heavy atom. The number of amides is 1. The first-order valence-corrected chi connectivity index (χ1v) is 15.1. The van der Waals surface area contributed by atoms with E-state index in [2.05, 4.69) is 15.1 Å². The number of carboxylic acids is 1. The fourth-order valence-corrected chi connectivity index (χ4v) is 6.25. The summed E-state index contributed by atoms with van der Waals surface area (Å²) in [6.07, 6.45) is 5.59. The second-order valence-electron chi connectivity index (χ2n) is 11.6. The molecule has 0 saturated carbocycles. The van der Waals surface area contributed by atoms with Gasteiger partial charge in [-0.25, -0.2) is 0 Å². The highest BCUT2D eigenvalue weighted by atomic mass is 16.7. The normalized spacial score (nSPS) is 25.4. The van der Waals surface area contributed by atoms with Crippen LogP contribution in [0.2, 0.25) is 0 Å². The van der Waals surface area contributed by atoms with Crippen molar-refractivity contribution >= 4 is 17.6 Å². The molecule has 222 valence electrons. The first-order chi connectivity index (χ1) is 20.0. The number of benzene rings is 2. The molecule has 3 N–H and O–H groups in total. The molecule has 5 rings (SSSR count). The van der Waals surface area contributed by atoms with Gasteiger partial charge in [0.15, 0.2) is 6.29 Å². The average molecular weight is 566 g/mol. The number of likely N-dealkylation sites (tertiary alicyclic amines) is 2. The molecule has 0 unspecified atom stereocenters. The van der Waals surface area contributed by atoms with Crippen molar-refractivity contribution in [2.75, 3.05) is 38.0 Å². The highest BCUT2D eigenvalue weighted by Crippen LogP contribution is 2.39. The molecule has 1 amide bonds. The largest absolute Gasteiger partial charge is 0.481 e. The van der Waals surface area contributed by atoms with Crippen molar-refractivity contribution in [2.24, 2.45) is 0 Å². The van der Waals surface area contributed by atoms with E-state index in [1.807, 2.05) is 48.5 Å². The minimum absolute atomic E-state index is 0.00376. The van der Waals surface area contributed by atoms with Gasteiger partial charge in [-0.05, 0) is 75.0 Å². The highest BCUT2D eigenvalue weighted by molar-refractivity contribution is 5.90. The Morgan fingerprint density at radius 1 is 0.878 bits per heavy atom. The molecular formula is C32H43N3O6. The predicted molar refractivity (Wildman–Crippen MR) is 155 cm³/mol. The maximum absolute atomic E-state index is 12.2. The molecule has 0 aromatic heterocycles. The lowest BCUT2D eigenvalue weighted by atomic mass is 9.99. The zero-order chi connectivity index (χ0) is 28.6. The molecule has 3 aliphatic heterocycles. The van der Waals surface area contributed by atoms with Crippen LogP contribution < -0.4 is 5.32 Å². The smallest absolute Gasteiger partial charge is 0.303 e. The van der Waals surface area contributed by atoms with Crippen LogP contribution in [0.15, 0.2) is 48.5 Å². The van der Waals surface area contributed by atoms with Crippen LogP contribution in [0.4, 0.5) is 5.69 Å². The Balaban J connectivity index is 1.26. The summed E-state index contributed by atoms with van der Waals surface area (Å²) in [5.41, 5.74) is 3.47. The molecule has 2 aromatic rings. The van der Waals surface area contributed by atoms with Gasteiger partial charge in [-0.2, -0.15) is 0 Å². The van der Waals surface area contributed by atoms with Crippen LogP contribution in [0.25, 0.3) is 0 Å². The number of aliphatic carboxylic acids is 1. The van der Waals surface area contributed by atoms with Gasteiger partial charge >= 0.3 is 5.97 Å². The SMILES string of the molecule is O=C(O)CCCC(=O)Nc1ccc([C@H]2O[C@@H](CN3CCC[C@H]3CN3CCCC3)C[C@@H](c3ccc(CO)cc3)O2)cc1. The van der Waals surface area contributed by atoms with E-state index in [9.17, 15) is 14.7 Å². The monoisotopic (exact) mass is 565 g/mol. The fraction of sp³-hybridized carbons (Fsp3) is 0.562. The predicted octanol–water partition coefficient (Wildman–Crippen LogP) is 4.48. The van der Waals surface area contributed by atoms with Crippen molar-refractivity contribution in [3.05, 3.63) is 65.2 Å². The minimum Gasteiger partial charge on any atom is -0.481 e. The molecule has 41 heavy (non-hydrogen) atoms. The summed E-state index contributed by atoms with van der Waals surface area (Å²) >= 11 is 0. The van der Waals surface area contributed by atoms with Crippen molar-refractivity contribution < 1.29 is 29.3 Å². The molecule has 9 nitrogen and oxygen atoms in total. The maximum Gasteiger partial charge on any atom is 0.303 e. The standard InChI is InChI=1S/C32H43N3O6/c36-22-23-8-10-24(11-9-23)29-19-28(21-35-18-4-5-27(35)20-34-16-1-2-17-34)40-32(41-29)25-12-14-26(15-13-25)33-30(37)6-3-7-31(38)39/h8-15,27-29,32,36H,1-7,16-22H2,(H,33,37)(H,38,39)/t27-,28+,29-,32-/m0/s1. The summed E-state index contributed by atoms with van der Waals surface area (Å²) in [4.78, 5) is 28.1. The number of carbonyl (C=O) groups excluding carboxylic acids is 1. The van der Waals surface area contributed by atoms with E-state index >= 15 is 0 Å². The van der Waals surface area contributed by atoms with Gasteiger partial charge in [-0.3, -0.25) is 14.5 Å². The Kier molecular flexibility index (Phi) is 10.4. The van der Waals surface area contributed by atoms with Gasteiger partial charge in [0.25, 0.3) is 0 Å². The summed E-state index contributed by atoms with van der Waals surface area (Å²) < 4.78 is 13.1. The van der Waals surface area contributed by atoms with E-state index in [1.54, 1.807) is 0 Å². The van der Waals surface area contributed by atoms with Crippen molar-refractivity contribution in [1.29, 1.82) is 0 Å². The summed E-state index contributed by atoms with van der Waals surface area (Å²) in [6, 6.07) is 16.0. The Morgan fingerprint density at radius 3 is 2.32 bits per heavy atom. The molecule has 2 aromatic carbocycles. The third kappa shape index (κ3) is 8.36. The Labute approximate surface area is 242 Å². The van der Waals surface area contributed by atoms with Crippen LogP contribution in [0.5, 0.6) is 0 Å². The molecule has 0 bridgehead atoms. The van der Waals surface area contributed by atoms with Gasteiger partial charge in [0.2, 0.25) is 5.91 Å². The quantitative estimate of drug-likeness (QED) is 0.346. The van der Waals surface area contributed by atoms with Gasteiger partial charge in [0.05, 0.1) is 18.8 Å². The van der Waals surface area contributed by atoms with Gasteiger partial charge in [-0.15, -0.1) is 0 Å². The first kappa shape index (κ1) is 29.7. The number of nitrogens with one attached hydrogen (secondary N) is 1. The van der Waals surface area contributed by atoms with E-state index in [4.69, 9.17) is 14.6 Å². The summed E-state index contributed by atoms with van der Waals surface area (Å²) in [6.45, 7) is 5.54. The second kappa shape index (κ2) is 14.4. The number of carboxylic acid groups (broad SMARTS) is 1. The number of anilines is 1. The number of carbonyl (C=O) groups is 2. The molecule has 3 aliphatic rings. The van der Waals surface area contributed by atoms with E-state index in [0.717, 1.165) is 42.7 Å². The number of aliphatic hydroxyl groups is 1. The molecule has 3 saturated heterocycles. The van der Waals surface area contributed by atoms with Gasteiger partial charge in [-0.1, -0.05) is 36.4 Å². The number of nitrogens with zero attached hydrogens (tertiary/aromatic N) is 2. The fourth-order valence-electron chi connectivity index (χ4n) is 6.25. The molecule has 9 heteroatoms. The van der Waals surface area contributed by atoms with E-state index in [-0.39, 0.29) is 37.6 Å². The van der Waals surface area contributed by atoms with Gasteiger partial charge in [0, 0.05) is 49.6 Å². The Bertz CT molecular complexity index is 1140. The minimum atomic E-state index is -0.901. The van der Waals surface area contributed by atoms with Crippen LogP contribution in [0.3, 0.4) is 0 Å². The molecule has 3 heterocycles. The van der Waals surface area contributed by atoms with E-state index in [0.29, 0.717) is 18.2 Å². The van der Waals surface area contributed by atoms with Gasteiger partial charge < -0.3 is 29.9 Å². The lowest BCUT2D eigenvalue weighted by Crippen LogP contribution is -2.45. The molecule has 0 spiro atoms. The number of ether oxygens (including phenoxy) is 2. The molecule has 3 fully saturated rings. The topological polar surface area (TPSA) is 112 Å². The highest BCUT2D eigenvalue weighted by Gasteiger charge is 2.36. The van der Waals surface area contributed by atoms with Crippen molar-refractivity contribution in [3.63, 3.8) is 0 Å². The summed E-state index contributed by atoms with van der Waals surface area (Å²) in [7, 11) is 0. The number of aliphatic hydroxyl groups excluding tert-OH is 1. The van der Waals surface area contributed by atoms with Gasteiger partial charge in [0.1, 0.15) is 0 Å². The molecule has 0 aliphatic carbocycles. The molecule has 4 atom stereocenters. The van der Waals surface area contributed by atoms with Crippen LogP contribution in [0, 0.1) is 0 Å². The van der Waals surface area contributed by atoms with Crippen molar-refractivity contribution in [2.45, 2.75) is 82.5 Å². The van der Waals surface area contributed by atoms with Crippen LogP contribution >= 0.6 is 0 Å². The second-order valence-corrected chi connectivity index (χ2v) is 11.6. The number of hydrogen-bond acceptors (Lipinski definition) is 7. The van der Waals surface area contributed by atoms with E-state index < -0.39 is 12.3 Å². The molecular weight excluding hydrogens is 522 g/mol. The zero-order valence-electron chi connectivity index (χ0n) is 23.7. The third-order valence-electron chi connectivity index (χ3n) is 8.48. The van der Waals surface area contributed by atoms with Crippen LogP contribution in [-0.2, 0) is 25.7 Å². The third-order valence-corrected chi connectivity index (χ3v) is 8.48. The number of rotatable bonds is 12. The first-order valence-electron chi connectivity index (χ1n) is 15.1. The van der Waals surface area contributed by atoms with Crippen LogP contribution in [0.1, 0.15) is 80.5 Å². The number of hydrogen-bond donors (Lipinski definition) is 3. The van der Waals surface area contributed by atoms with E-state index in [1.165, 1.54) is 38.8 Å². The lowest BCUT2D eigenvalue weighted by Gasteiger charge is -2.39. The average Bonchev–Trinajstić information content (AvgIpc) is 3.65. The summed E-state index contributed by atoms with van der Waals surface area (Å²) in [5, 5.41) is 21.1. The van der Waals surface area contributed by atoms with Crippen molar-refractivity contribution in [3.8, 4) is 0 Å².